The van der Waals surface area contributed by atoms with Crippen molar-refractivity contribution in [1.82, 2.24) is 4.90 Å². The van der Waals surface area contributed by atoms with Gasteiger partial charge in [-0.05, 0) is 33.1 Å². The van der Waals surface area contributed by atoms with Crippen LogP contribution in [0, 0.1) is 0 Å². The molecule has 1 amide bonds. The molecule has 0 N–H and O–H groups in total. The molecule has 1 saturated carbocycles. The first-order valence-corrected chi connectivity index (χ1v) is 5.23. The Labute approximate surface area is 84.7 Å². The summed E-state index contributed by atoms with van der Waals surface area (Å²) in [5, 5.41) is 0. The molecule has 1 fully saturated rings. The third-order valence-corrected chi connectivity index (χ3v) is 2.98. The van der Waals surface area contributed by atoms with Crippen LogP contribution in [0.3, 0.4) is 0 Å². The molecule has 0 radical (unpaired) electrons. The summed E-state index contributed by atoms with van der Waals surface area (Å²) in [5.74, 6) is 0. The van der Waals surface area contributed by atoms with Crippen LogP contribution in [0.2, 0.25) is 0 Å². The lowest BCUT2D eigenvalue weighted by atomic mass is 10.1. The van der Waals surface area contributed by atoms with E-state index in [1.54, 1.807) is 4.90 Å². The van der Waals surface area contributed by atoms with Crippen molar-refractivity contribution < 1.29 is 9.53 Å². The van der Waals surface area contributed by atoms with Gasteiger partial charge in [-0.2, -0.15) is 0 Å². The molecule has 0 unspecified atom stereocenters. The quantitative estimate of drug-likeness (QED) is 0.601. The maximum absolute atomic E-state index is 11.6. The average molecular weight is 195 g/mol. The van der Waals surface area contributed by atoms with Crippen LogP contribution in [0.5, 0.6) is 0 Å². The van der Waals surface area contributed by atoms with Gasteiger partial charge in [-0.25, -0.2) is 4.79 Å². The van der Waals surface area contributed by atoms with Gasteiger partial charge in [0.2, 0.25) is 0 Å². The van der Waals surface area contributed by atoms with Crippen LogP contribution in [-0.2, 0) is 4.74 Å². The Morgan fingerprint density at radius 2 is 2.29 bits per heavy atom. The van der Waals surface area contributed by atoms with Gasteiger partial charge in [0.15, 0.2) is 0 Å². The third-order valence-electron chi connectivity index (χ3n) is 2.98. The van der Waals surface area contributed by atoms with E-state index >= 15 is 0 Å². The van der Waals surface area contributed by atoms with Gasteiger partial charge in [0.1, 0.15) is 5.60 Å². The van der Waals surface area contributed by atoms with Crippen molar-refractivity contribution in [3.63, 3.8) is 0 Å². The molecule has 1 heterocycles. The zero-order valence-corrected chi connectivity index (χ0v) is 8.88. The smallest absolute Gasteiger partial charge is 0.410 e. The molecule has 14 heavy (non-hydrogen) atoms. The number of ether oxygens (including phenoxy) is 1. The van der Waals surface area contributed by atoms with E-state index in [1.807, 2.05) is 6.92 Å². The largest absolute Gasteiger partial charge is 0.443 e. The number of hydrogen-bond acceptors (Lipinski definition) is 2. The Kier molecular flexibility index (Phi) is 2.25. The molecule has 0 aromatic heterocycles. The fourth-order valence-electron chi connectivity index (χ4n) is 1.49. The molecule has 3 heteroatoms. The SMILES string of the molecule is CC1=CCN(C(=O)OC2(C)CC2)CC1. The van der Waals surface area contributed by atoms with Gasteiger partial charge in [-0.3, -0.25) is 0 Å². The molecule has 0 spiro atoms. The second-order valence-electron chi connectivity index (χ2n) is 4.56. The standard InChI is InChI=1S/C11H17NO2/c1-9-3-7-12(8-4-9)10(13)14-11(2)5-6-11/h3H,4-8H2,1-2H3. The topological polar surface area (TPSA) is 29.5 Å². The summed E-state index contributed by atoms with van der Waals surface area (Å²) in [4.78, 5) is 13.4. The second kappa shape index (κ2) is 3.30. The van der Waals surface area contributed by atoms with Crippen LogP contribution in [-0.4, -0.2) is 29.7 Å². The maximum atomic E-state index is 11.6. The Balaban J connectivity index is 1.86. The van der Waals surface area contributed by atoms with E-state index in [0.29, 0.717) is 6.54 Å². The molecule has 0 atom stereocenters. The Bertz CT molecular complexity index is 279. The molecule has 0 aromatic rings. The Morgan fingerprint density at radius 3 is 2.79 bits per heavy atom. The van der Waals surface area contributed by atoms with Crippen LogP contribution in [0.4, 0.5) is 4.79 Å². The molecule has 0 aromatic carbocycles. The zero-order valence-electron chi connectivity index (χ0n) is 8.88. The summed E-state index contributed by atoms with van der Waals surface area (Å²) >= 11 is 0. The van der Waals surface area contributed by atoms with Gasteiger partial charge in [0.25, 0.3) is 0 Å². The highest BCUT2D eigenvalue weighted by atomic mass is 16.6. The summed E-state index contributed by atoms with van der Waals surface area (Å²) in [6.45, 7) is 5.61. The number of amides is 1. The Hall–Kier alpha value is -0.990. The summed E-state index contributed by atoms with van der Waals surface area (Å²) in [5.41, 5.74) is 1.22. The third kappa shape index (κ3) is 2.08. The molecular weight excluding hydrogens is 178 g/mol. The minimum absolute atomic E-state index is 0.145. The molecule has 1 aliphatic carbocycles. The summed E-state index contributed by atoms with van der Waals surface area (Å²) < 4.78 is 5.38. The van der Waals surface area contributed by atoms with Crippen LogP contribution in [0.15, 0.2) is 11.6 Å². The summed E-state index contributed by atoms with van der Waals surface area (Å²) in [7, 11) is 0. The highest BCUT2D eigenvalue weighted by molar-refractivity contribution is 5.69. The Morgan fingerprint density at radius 1 is 1.57 bits per heavy atom. The lowest BCUT2D eigenvalue weighted by Gasteiger charge is -2.26. The van der Waals surface area contributed by atoms with Crippen molar-refractivity contribution in [1.29, 1.82) is 0 Å². The van der Waals surface area contributed by atoms with Crippen molar-refractivity contribution >= 4 is 6.09 Å². The van der Waals surface area contributed by atoms with Crippen molar-refractivity contribution in [2.24, 2.45) is 0 Å². The number of carbonyl (C=O) groups excluding carboxylic acids is 1. The minimum atomic E-state index is -0.146. The van der Waals surface area contributed by atoms with Crippen molar-refractivity contribution in [3.05, 3.63) is 11.6 Å². The van der Waals surface area contributed by atoms with Crippen molar-refractivity contribution in [2.75, 3.05) is 13.1 Å². The van der Waals surface area contributed by atoms with Gasteiger partial charge in [0.05, 0.1) is 0 Å². The maximum Gasteiger partial charge on any atom is 0.410 e. The second-order valence-corrected chi connectivity index (χ2v) is 4.56. The van der Waals surface area contributed by atoms with E-state index in [-0.39, 0.29) is 11.7 Å². The van der Waals surface area contributed by atoms with E-state index in [1.165, 1.54) is 5.57 Å². The summed E-state index contributed by atoms with van der Waals surface area (Å²) in [6.07, 6.45) is 4.96. The number of carbonyl (C=O) groups is 1. The van der Waals surface area contributed by atoms with E-state index in [4.69, 9.17) is 4.74 Å². The predicted octanol–water partition coefficient (Wildman–Crippen LogP) is 2.33. The normalized spacial score (nSPS) is 24.1. The number of nitrogens with zero attached hydrogens (tertiary/aromatic N) is 1. The first-order chi connectivity index (χ1) is 6.59. The van der Waals surface area contributed by atoms with Gasteiger partial charge in [0, 0.05) is 13.1 Å². The van der Waals surface area contributed by atoms with Gasteiger partial charge in [-0.15, -0.1) is 0 Å². The van der Waals surface area contributed by atoms with Gasteiger partial charge < -0.3 is 9.64 Å². The van der Waals surface area contributed by atoms with Crippen LogP contribution >= 0.6 is 0 Å². The molecule has 0 bridgehead atoms. The lowest BCUT2D eigenvalue weighted by Crippen LogP contribution is -2.37. The summed E-state index contributed by atoms with van der Waals surface area (Å²) in [6, 6.07) is 0. The molecular formula is C11H17NO2. The number of hydrogen-bond donors (Lipinski definition) is 0. The van der Waals surface area contributed by atoms with Crippen LogP contribution in [0.1, 0.15) is 33.1 Å². The van der Waals surface area contributed by atoms with Gasteiger partial charge >= 0.3 is 6.09 Å². The minimum Gasteiger partial charge on any atom is -0.443 e. The van der Waals surface area contributed by atoms with Gasteiger partial charge in [-0.1, -0.05) is 11.6 Å². The van der Waals surface area contributed by atoms with Crippen LogP contribution in [0.25, 0.3) is 0 Å². The van der Waals surface area contributed by atoms with E-state index in [0.717, 1.165) is 25.8 Å². The first-order valence-electron chi connectivity index (χ1n) is 5.23. The molecule has 78 valence electrons. The predicted molar refractivity (Wildman–Crippen MR) is 54.1 cm³/mol. The lowest BCUT2D eigenvalue weighted by molar-refractivity contribution is 0.0606. The number of rotatable bonds is 1. The molecule has 3 nitrogen and oxygen atoms in total. The van der Waals surface area contributed by atoms with Crippen LogP contribution < -0.4 is 0 Å². The molecule has 2 aliphatic rings. The zero-order chi connectivity index (χ0) is 10.2. The van der Waals surface area contributed by atoms with Crippen molar-refractivity contribution in [3.8, 4) is 0 Å². The first kappa shape index (κ1) is 9.56. The molecule has 2 rings (SSSR count). The fraction of sp³-hybridized carbons (Fsp3) is 0.727. The van der Waals surface area contributed by atoms with E-state index in [2.05, 4.69) is 13.0 Å². The highest BCUT2D eigenvalue weighted by Gasteiger charge is 2.42. The van der Waals surface area contributed by atoms with E-state index in [9.17, 15) is 4.79 Å². The molecule has 1 aliphatic heterocycles. The van der Waals surface area contributed by atoms with Crippen molar-refractivity contribution in [2.45, 2.75) is 38.7 Å². The van der Waals surface area contributed by atoms with E-state index < -0.39 is 0 Å². The fourth-order valence-corrected chi connectivity index (χ4v) is 1.49. The average Bonchev–Trinajstić information content (AvgIpc) is 2.84. The molecule has 0 saturated heterocycles. The monoisotopic (exact) mass is 195 g/mol. The highest BCUT2D eigenvalue weighted by Crippen LogP contribution is 2.39.